The van der Waals surface area contributed by atoms with Gasteiger partial charge in [-0.1, -0.05) is 0 Å². The van der Waals surface area contributed by atoms with Crippen LogP contribution in [0.1, 0.15) is 27.7 Å². The van der Waals surface area contributed by atoms with Crippen molar-refractivity contribution in [2.75, 3.05) is 26.4 Å². The van der Waals surface area contributed by atoms with Gasteiger partial charge in [0.25, 0.3) is 0 Å². The Kier molecular flexibility index (Phi) is 39.0. The summed E-state index contributed by atoms with van der Waals surface area (Å²) in [4.78, 5) is 101. The Morgan fingerprint density at radius 1 is 0.333 bits per heavy atom. The molecule has 8 aliphatic heterocycles. The standard InChI is InChI=1S/C56H84N4O44.4Na/c1-10(65)57-20-35(25(71)16(6-61)90-49(20)89)95-54-32(78)29(75)39(42(102-54)46(83)84)100-51-22(59-12(3)67)37(27(73)18(8-63)93-51)97-56-34(80)31(77)41(44(104-56)48(87)88)101-52-23(60-13(4)68)38(28(74)19(9-64)94-52)98-55-33(79)30(76)40(43(103-55)47(85)86)99-50-21(58-11(2)66)36(26(72)17(7-62)92-50)96-53-24(70)14(69)5-15(91-53)45(81)82;;;;/h5,14,16-44,49-56,61-64,69-80,89H,6-9H2,1-4H3,(H,57,65)(H,58,66)(H,59,67)(H,60,68)(H,81,82)(H,83,84)(H,85,86)(H,87,88);;;;/q;4*+1/p-4/t14-,16+,17+,18+,19+,20+,21+,22+,23+,24+,25+,26+,27+,28+,29+,30+,31+,32+,33+,34+,35+,36+,37+,38+,39-,40-,41-,42-,43-,44-,49+,50-,51-,52-,53-,54+,55+,56+;;;;/m0..../s1. The van der Waals surface area contributed by atoms with Crippen molar-refractivity contribution in [2.45, 2.75) is 261 Å². The number of hydrogen-bond acceptors (Lipinski definition) is 44. The maximum atomic E-state index is 13.1. The average molecular weight is 1610 g/mol. The predicted molar refractivity (Wildman–Crippen MR) is 301 cm³/mol. The number of aliphatic hydroxyl groups is 17. The zero-order valence-electron chi connectivity index (χ0n) is 58.5. The van der Waals surface area contributed by atoms with Crippen molar-refractivity contribution < 1.29 is 335 Å². The van der Waals surface area contributed by atoms with E-state index in [4.69, 9.17) is 71.1 Å². The average Bonchev–Trinajstić information content (AvgIpc) is 0.764. The minimum atomic E-state index is -2.77. The van der Waals surface area contributed by atoms with Crippen molar-refractivity contribution in [3.8, 4) is 0 Å². The van der Waals surface area contributed by atoms with Crippen LogP contribution in [0, 0.1) is 0 Å². The van der Waals surface area contributed by atoms with Crippen LogP contribution in [-0.4, -0.2) is 394 Å². The first-order valence-electron chi connectivity index (χ1n) is 31.6. The summed E-state index contributed by atoms with van der Waals surface area (Å²) >= 11 is 0. The zero-order chi connectivity index (χ0) is 77.1. The first-order valence-corrected chi connectivity index (χ1v) is 31.6. The number of amides is 4. The number of rotatable bonds is 26. The summed E-state index contributed by atoms with van der Waals surface area (Å²) in [5.74, 6) is -14.1. The van der Waals surface area contributed by atoms with Gasteiger partial charge in [0.2, 0.25) is 29.9 Å². The molecule has 8 aliphatic rings. The molecule has 52 heteroatoms. The minimum absolute atomic E-state index is 0. The Hall–Kier alpha value is -1.94. The van der Waals surface area contributed by atoms with Gasteiger partial charge < -0.3 is 219 Å². The largest absolute Gasteiger partial charge is 1.00 e. The fourth-order valence-electron chi connectivity index (χ4n) is 12.7. The van der Waals surface area contributed by atoms with Crippen LogP contribution in [-0.2, 0) is 109 Å². The van der Waals surface area contributed by atoms with E-state index in [1.54, 1.807) is 0 Å². The molecule has 8 rings (SSSR count). The number of hydrogen-bond donors (Lipinski definition) is 21. The molecule has 0 aromatic rings. The predicted octanol–water partition coefficient (Wildman–Crippen LogP) is -33.7. The summed E-state index contributed by atoms with van der Waals surface area (Å²) in [6.07, 6.45) is -78.4. The van der Waals surface area contributed by atoms with Gasteiger partial charge >= 0.3 is 118 Å². The van der Waals surface area contributed by atoms with Crippen LogP contribution in [0.3, 0.4) is 0 Å². The number of nitrogens with one attached hydrogen (secondary N) is 4. The van der Waals surface area contributed by atoms with Crippen LogP contribution < -0.4 is 160 Å². The maximum absolute atomic E-state index is 13.1. The molecule has 0 aromatic carbocycles. The van der Waals surface area contributed by atoms with E-state index in [9.17, 15) is 146 Å². The molecular formula is C56H80N4Na4O44. The molecular weight excluding hydrogens is 1520 g/mol. The van der Waals surface area contributed by atoms with Crippen LogP contribution in [0.25, 0.3) is 0 Å². The SMILES string of the molecule is CC(=O)N[C@@H]1[C@@H](O[C@@H]2O[C@H](C(=O)[O-])[C@@H](O[C@@H]3O[C@H](CO)[C@@H](O)[C@H](O[C@@H]4O[C@H](C(=O)[O-])[C@@H](O[C@@H]5O[C@H](CO)[C@@H](O)[C@H](O[C@@H]6O[C@H](C(=O)[O-])[C@@H](O[C@@H]7O[C@H](CO)[C@@H](O)[C@H](O[C@@H]8OC(C(=O)[O-])=C[C@H](O)[C@H]8O)[C@H]7NC(C)=O)[C@H](O)[C@H]6O)[C@H]5NC(C)=O)[C@H](O)[C@H]4O)[C@H]3NC(C)=O)[C@H](O)[C@H]2O)[C@H](O)[C@@H](CO)O[C@H]1O.[Na+].[Na+].[Na+].[Na+]. The summed E-state index contributed by atoms with van der Waals surface area (Å²) in [6, 6.07) is -8.00. The van der Waals surface area contributed by atoms with Crippen molar-refractivity contribution in [2.24, 2.45) is 0 Å². The Balaban J connectivity index is 0.00000616. The molecule has 0 saturated carbocycles. The van der Waals surface area contributed by atoms with Crippen molar-refractivity contribution >= 4 is 47.5 Å². The number of ether oxygens (including phenoxy) is 15. The molecule has 0 unspecified atom stereocenters. The van der Waals surface area contributed by atoms with Gasteiger partial charge in [0.1, 0.15) is 195 Å². The third kappa shape index (κ3) is 22.4. The van der Waals surface area contributed by atoms with Crippen LogP contribution in [0.5, 0.6) is 0 Å². The van der Waals surface area contributed by atoms with E-state index in [0.717, 1.165) is 27.7 Å². The summed E-state index contributed by atoms with van der Waals surface area (Å²) in [5.41, 5.74) is 0. The summed E-state index contributed by atoms with van der Waals surface area (Å²) in [6.45, 7) is -1.16. The molecule has 0 spiro atoms. The molecule has 21 N–H and O–H groups in total. The summed E-state index contributed by atoms with van der Waals surface area (Å²) < 4.78 is 83.8. The van der Waals surface area contributed by atoms with Gasteiger partial charge in [0.15, 0.2) is 44.0 Å². The smallest absolute Gasteiger partial charge is 0.547 e. The second-order valence-electron chi connectivity index (χ2n) is 25.0. The van der Waals surface area contributed by atoms with Gasteiger partial charge in [0.05, 0.1) is 44.3 Å². The molecule has 4 amide bonds. The van der Waals surface area contributed by atoms with Crippen molar-refractivity contribution in [3.63, 3.8) is 0 Å². The van der Waals surface area contributed by atoms with Crippen LogP contribution in [0.2, 0.25) is 0 Å². The van der Waals surface area contributed by atoms with Crippen molar-refractivity contribution in [3.05, 3.63) is 11.8 Å². The van der Waals surface area contributed by atoms with E-state index in [1.165, 1.54) is 0 Å². The topological polar surface area (TPSA) is 759 Å². The number of carbonyl (C=O) groups is 8. The monoisotopic (exact) mass is 1600 g/mol. The third-order valence-corrected chi connectivity index (χ3v) is 17.7. The maximum Gasteiger partial charge on any atom is 1.00 e. The molecule has 8 heterocycles. The van der Waals surface area contributed by atoms with Crippen LogP contribution >= 0.6 is 0 Å². The Labute approximate surface area is 697 Å². The van der Waals surface area contributed by atoms with Crippen molar-refractivity contribution in [1.82, 2.24) is 21.3 Å². The fraction of sp³-hybridized carbons (Fsp3) is 0.821. The molecule has 0 aliphatic carbocycles. The molecule has 592 valence electrons. The number of carboxylic acid groups (broad SMARTS) is 4. The van der Waals surface area contributed by atoms with Crippen molar-refractivity contribution in [1.29, 1.82) is 0 Å². The number of aliphatic carboxylic acids is 4. The second-order valence-corrected chi connectivity index (χ2v) is 25.0. The van der Waals surface area contributed by atoms with Crippen LogP contribution in [0.15, 0.2) is 11.8 Å². The van der Waals surface area contributed by atoms with Gasteiger partial charge in [-0.25, -0.2) is 0 Å². The van der Waals surface area contributed by atoms with Gasteiger partial charge in [-0.3, -0.25) is 19.2 Å². The normalized spacial score (nSPS) is 43.8. The molecule has 48 nitrogen and oxygen atoms in total. The first kappa shape index (κ1) is 98.4. The Bertz CT molecular complexity index is 3040. The number of aliphatic hydroxyl groups excluding tert-OH is 17. The van der Waals surface area contributed by atoms with E-state index < -0.39 is 313 Å². The molecule has 0 bridgehead atoms. The Morgan fingerprint density at radius 2 is 0.583 bits per heavy atom. The quantitative estimate of drug-likeness (QED) is 0.0358. The molecule has 0 aromatic heterocycles. The summed E-state index contributed by atoms with van der Waals surface area (Å²) in [7, 11) is 0. The fourth-order valence-corrected chi connectivity index (χ4v) is 12.7. The zero-order valence-corrected chi connectivity index (χ0v) is 66.5. The molecule has 0 radical (unpaired) electrons. The molecule has 38 atom stereocenters. The van der Waals surface area contributed by atoms with E-state index >= 15 is 0 Å². The van der Waals surface area contributed by atoms with E-state index in [-0.39, 0.29) is 118 Å². The summed E-state index contributed by atoms with van der Waals surface area (Å²) in [5, 5.41) is 247. The molecule has 7 fully saturated rings. The van der Waals surface area contributed by atoms with E-state index in [1.807, 2.05) is 0 Å². The van der Waals surface area contributed by atoms with E-state index in [0.29, 0.717) is 6.08 Å². The molecule has 7 saturated heterocycles. The first-order chi connectivity index (χ1) is 48.9. The van der Waals surface area contributed by atoms with E-state index in [2.05, 4.69) is 21.3 Å². The molecule has 108 heavy (non-hydrogen) atoms. The minimum Gasteiger partial charge on any atom is -0.547 e. The number of carbonyl (C=O) groups excluding carboxylic acids is 8. The third-order valence-electron chi connectivity index (χ3n) is 17.7. The second kappa shape index (κ2) is 42.8. The van der Waals surface area contributed by atoms with Gasteiger partial charge in [-0.15, -0.1) is 0 Å². The van der Waals surface area contributed by atoms with Gasteiger partial charge in [0, 0.05) is 27.7 Å². The van der Waals surface area contributed by atoms with Gasteiger partial charge in [-0.05, 0) is 6.08 Å². The van der Waals surface area contributed by atoms with Gasteiger partial charge in [-0.2, -0.15) is 0 Å². The Morgan fingerprint density at radius 3 is 0.843 bits per heavy atom. The van der Waals surface area contributed by atoms with Crippen LogP contribution in [0.4, 0.5) is 0 Å². The number of carboxylic acids is 4.